The lowest BCUT2D eigenvalue weighted by molar-refractivity contribution is -0.133. The summed E-state index contributed by atoms with van der Waals surface area (Å²) >= 11 is 0. The first-order valence-corrected chi connectivity index (χ1v) is 9.70. The SMILES string of the molecule is Cc1cc2c(o1)CC(C)(C)C[C@@H]2NC(=O)N[C@@H](C)C(=O)N1CCCCC1. The predicted molar refractivity (Wildman–Crippen MR) is 99.8 cm³/mol. The smallest absolute Gasteiger partial charge is 0.315 e. The molecule has 2 aliphatic rings. The van der Waals surface area contributed by atoms with Crippen LogP contribution in [0.3, 0.4) is 0 Å². The maximum Gasteiger partial charge on any atom is 0.315 e. The summed E-state index contributed by atoms with van der Waals surface area (Å²) < 4.78 is 5.82. The number of carbonyl (C=O) groups is 2. The van der Waals surface area contributed by atoms with Crippen molar-refractivity contribution in [2.45, 2.75) is 71.9 Å². The lowest BCUT2D eigenvalue weighted by Crippen LogP contribution is -2.51. The quantitative estimate of drug-likeness (QED) is 0.867. The molecular formula is C20H31N3O3. The molecule has 26 heavy (non-hydrogen) atoms. The first-order valence-electron chi connectivity index (χ1n) is 9.70. The summed E-state index contributed by atoms with van der Waals surface area (Å²) in [7, 11) is 0. The van der Waals surface area contributed by atoms with Crippen molar-refractivity contribution >= 4 is 11.9 Å². The molecule has 0 bridgehead atoms. The molecule has 1 aromatic rings. The molecular weight excluding hydrogens is 330 g/mol. The van der Waals surface area contributed by atoms with E-state index in [9.17, 15) is 9.59 Å². The van der Waals surface area contributed by atoms with Gasteiger partial charge in [-0.2, -0.15) is 0 Å². The first kappa shape index (κ1) is 18.8. The minimum atomic E-state index is -0.518. The molecule has 0 spiro atoms. The van der Waals surface area contributed by atoms with E-state index in [2.05, 4.69) is 24.5 Å². The van der Waals surface area contributed by atoms with Crippen LogP contribution in [0.25, 0.3) is 0 Å². The second-order valence-electron chi connectivity index (χ2n) is 8.56. The summed E-state index contributed by atoms with van der Waals surface area (Å²) in [6.07, 6.45) is 4.99. The van der Waals surface area contributed by atoms with Crippen molar-refractivity contribution < 1.29 is 14.0 Å². The molecule has 0 unspecified atom stereocenters. The van der Waals surface area contributed by atoms with Crippen LogP contribution in [0.1, 0.15) is 69.6 Å². The topological polar surface area (TPSA) is 74.6 Å². The van der Waals surface area contributed by atoms with Gasteiger partial charge in [0.25, 0.3) is 0 Å². The van der Waals surface area contributed by atoms with Gasteiger partial charge in [-0.25, -0.2) is 4.79 Å². The van der Waals surface area contributed by atoms with Gasteiger partial charge in [0.2, 0.25) is 5.91 Å². The lowest BCUT2D eigenvalue weighted by Gasteiger charge is -2.35. The number of piperidine rings is 1. The Morgan fingerprint density at radius 2 is 1.96 bits per heavy atom. The van der Waals surface area contributed by atoms with E-state index < -0.39 is 6.04 Å². The van der Waals surface area contributed by atoms with E-state index in [0.29, 0.717) is 0 Å². The average molecular weight is 361 g/mol. The molecule has 2 N–H and O–H groups in total. The van der Waals surface area contributed by atoms with Gasteiger partial charge >= 0.3 is 6.03 Å². The van der Waals surface area contributed by atoms with Crippen LogP contribution in [0.4, 0.5) is 4.79 Å². The van der Waals surface area contributed by atoms with E-state index in [1.54, 1.807) is 6.92 Å². The maximum absolute atomic E-state index is 12.5. The highest BCUT2D eigenvalue weighted by Gasteiger charge is 2.36. The van der Waals surface area contributed by atoms with Gasteiger partial charge in [-0.15, -0.1) is 0 Å². The summed E-state index contributed by atoms with van der Waals surface area (Å²) in [5.74, 6) is 1.83. The van der Waals surface area contributed by atoms with Crippen LogP contribution < -0.4 is 10.6 Å². The number of aryl methyl sites for hydroxylation is 1. The zero-order chi connectivity index (χ0) is 18.9. The monoisotopic (exact) mass is 361 g/mol. The van der Waals surface area contributed by atoms with E-state index in [-0.39, 0.29) is 23.4 Å². The number of fused-ring (bicyclic) bond motifs is 1. The minimum absolute atomic E-state index is 0.00340. The molecule has 6 heteroatoms. The standard InChI is InChI=1S/C20H31N3O3/c1-13-10-15-16(11-20(3,4)12-17(15)26-13)22-19(25)21-14(2)18(24)23-8-6-5-7-9-23/h10,14,16H,5-9,11-12H2,1-4H3,(H2,21,22,25)/t14-,16-/m0/s1. The van der Waals surface area contributed by atoms with Gasteiger partial charge in [0.05, 0.1) is 6.04 Å². The van der Waals surface area contributed by atoms with Gasteiger partial charge in [0.1, 0.15) is 17.6 Å². The molecule has 1 aliphatic heterocycles. The summed E-state index contributed by atoms with van der Waals surface area (Å²) in [6, 6.07) is 1.10. The van der Waals surface area contributed by atoms with E-state index in [0.717, 1.165) is 55.9 Å². The fourth-order valence-corrected chi connectivity index (χ4v) is 4.16. The Hall–Kier alpha value is -1.98. The molecule has 144 valence electrons. The largest absolute Gasteiger partial charge is 0.466 e. The molecule has 1 aromatic heterocycles. The highest BCUT2D eigenvalue weighted by Crippen LogP contribution is 2.41. The maximum atomic E-state index is 12.5. The number of hydrogen-bond acceptors (Lipinski definition) is 3. The summed E-state index contributed by atoms with van der Waals surface area (Å²) in [6.45, 7) is 9.64. The Balaban J connectivity index is 1.61. The molecule has 0 saturated carbocycles. The van der Waals surface area contributed by atoms with Gasteiger partial charge in [-0.3, -0.25) is 4.79 Å². The van der Waals surface area contributed by atoms with Crippen LogP contribution in [0.2, 0.25) is 0 Å². The number of urea groups is 1. The molecule has 1 saturated heterocycles. The normalized spacial score (nSPS) is 23.1. The Morgan fingerprint density at radius 3 is 2.65 bits per heavy atom. The zero-order valence-corrected chi connectivity index (χ0v) is 16.4. The third-order valence-corrected chi connectivity index (χ3v) is 5.43. The Labute approximate surface area is 155 Å². The average Bonchev–Trinajstić information content (AvgIpc) is 2.93. The first-order chi connectivity index (χ1) is 12.2. The summed E-state index contributed by atoms with van der Waals surface area (Å²) in [4.78, 5) is 26.9. The molecule has 2 heterocycles. The van der Waals surface area contributed by atoms with E-state index in [1.165, 1.54) is 6.42 Å². The zero-order valence-electron chi connectivity index (χ0n) is 16.4. The Bertz CT molecular complexity index is 674. The van der Waals surface area contributed by atoms with E-state index >= 15 is 0 Å². The minimum Gasteiger partial charge on any atom is -0.466 e. The van der Waals surface area contributed by atoms with Crippen molar-refractivity contribution in [3.63, 3.8) is 0 Å². The predicted octanol–water partition coefficient (Wildman–Crippen LogP) is 3.30. The molecule has 3 rings (SSSR count). The van der Waals surface area contributed by atoms with E-state index in [4.69, 9.17) is 4.42 Å². The van der Waals surface area contributed by atoms with Gasteiger partial charge in [0.15, 0.2) is 0 Å². The number of likely N-dealkylation sites (tertiary alicyclic amines) is 1. The van der Waals surface area contributed by atoms with Crippen LogP contribution in [-0.2, 0) is 11.2 Å². The number of nitrogens with one attached hydrogen (secondary N) is 2. The Morgan fingerprint density at radius 1 is 1.27 bits per heavy atom. The third-order valence-electron chi connectivity index (χ3n) is 5.43. The molecule has 1 aliphatic carbocycles. The highest BCUT2D eigenvalue weighted by atomic mass is 16.3. The molecule has 0 radical (unpaired) electrons. The van der Waals surface area contributed by atoms with Crippen LogP contribution in [0.15, 0.2) is 10.5 Å². The fourth-order valence-electron chi connectivity index (χ4n) is 4.16. The lowest BCUT2D eigenvalue weighted by atomic mass is 9.75. The number of hydrogen-bond donors (Lipinski definition) is 2. The number of nitrogens with zero attached hydrogens (tertiary/aromatic N) is 1. The molecule has 1 fully saturated rings. The molecule has 6 nitrogen and oxygen atoms in total. The number of rotatable bonds is 3. The van der Waals surface area contributed by atoms with Crippen molar-refractivity contribution in [1.82, 2.24) is 15.5 Å². The van der Waals surface area contributed by atoms with Gasteiger partial charge < -0.3 is 20.0 Å². The van der Waals surface area contributed by atoms with Crippen LogP contribution in [0.5, 0.6) is 0 Å². The highest BCUT2D eigenvalue weighted by molar-refractivity contribution is 5.86. The number of furan rings is 1. The second-order valence-corrected chi connectivity index (χ2v) is 8.56. The number of amides is 3. The third kappa shape index (κ3) is 4.22. The van der Waals surface area contributed by atoms with Gasteiger partial charge in [0, 0.05) is 25.1 Å². The van der Waals surface area contributed by atoms with Crippen molar-refractivity contribution in [2.75, 3.05) is 13.1 Å². The van der Waals surface area contributed by atoms with Crippen LogP contribution >= 0.6 is 0 Å². The summed E-state index contributed by atoms with van der Waals surface area (Å²) in [5.41, 5.74) is 1.12. The molecule has 0 aromatic carbocycles. The van der Waals surface area contributed by atoms with Crippen molar-refractivity contribution in [1.29, 1.82) is 0 Å². The van der Waals surface area contributed by atoms with Crippen molar-refractivity contribution in [3.8, 4) is 0 Å². The van der Waals surface area contributed by atoms with Crippen LogP contribution in [-0.4, -0.2) is 36.0 Å². The van der Waals surface area contributed by atoms with Crippen molar-refractivity contribution in [2.24, 2.45) is 5.41 Å². The van der Waals surface area contributed by atoms with E-state index in [1.807, 2.05) is 17.9 Å². The molecule has 3 amide bonds. The Kier molecular flexibility index (Phi) is 5.30. The summed E-state index contributed by atoms with van der Waals surface area (Å²) in [5, 5.41) is 5.87. The molecule has 2 atom stereocenters. The second kappa shape index (κ2) is 7.33. The van der Waals surface area contributed by atoms with Gasteiger partial charge in [-0.05, 0) is 51.0 Å². The van der Waals surface area contributed by atoms with Crippen molar-refractivity contribution in [3.05, 3.63) is 23.2 Å². The number of carbonyl (C=O) groups excluding carboxylic acids is 2. The van der Waals surface area contributed by atoms with Crippen LogP contribution in [0, 0.1) is 12.3 Å². The van der Waals surface area contributed by atoms with Gasteiger partial charge in [-0.1, -0.05) is 13.8 Å². The fraction of sp³-hybridized carbons (Fsp3) is 0.700.